The number of carbonyl (C=O) groups excluding carboxylic acids is 1. The highest BCUT2D eigenvalue weighted by molar-refractivity contribution is 14.1. The van der Waals surface area contributed by atoms with Crippen LogP contribution in [0.15, 0.2) is 53.6 Å². The van der Waals surface area contributed by atoms with Crippen LogP contribution in [0.3, 0.4) is 0 Å². The van der Waals surface area contributed by atoms with Gasteiger partial charge < -0.3 is 4.74 Å². The molecule has 0 aliphatic rings. The molecular formula is C15H12ClIN2O2. The van der Waals surface area contributed by atoms with Crippen LogP contribution in [0.1, 0.15) is 5.56 Å². The molecule has 2 aromatic rings. The van der Waals surface area contributed by atoms with Crippen molar-refractivity contribution in [3.05, 3.63) is 62.7 Å². The summed E-state index contributed by atoms with van der Waals surface area (Å²) in [5, 5.41) is 4.43. The van der Waals surface area contributed by atoms with Gasteiger partial charge in [0.05, 0.1) is 6.21 Å². The first kappa shape index (κ1) is 15.8. The zero-order chi connectivity index (χ0) is 15.1. The zero-order valence-corrected chi connectivity index (χ0v) is 13.8. The van der Waals surface area contributed by atoms with Crippen molar-refractivity contribution in [3.63, 3.8) is 0 Å². The van der Waals surface area contributed by atoms with E-state index in [4.69, 9.17) is 16.3 Å². The van der Waals surface area contributed by atoms with Gasteiger partial charge in [-0.3, -0.25) is 4.79 Å². The van der Waals surface area contributed by atoms with Gasteiger partial charge in [0.1, 0.15) is 5.75 Å². The molecule has 0 fully saturated rings. The first-order valence-electron chi connectivity index (χ1n) is 6.09. The minimum Gasteiger partial charge on any atom is -0.484 e. The molecule has 21 heavy (non-hydrogen) atoms. The van der Waals surface area contributed by atoms with E-state index in [-0.39, 0.29) is 12.5 Å². The normalized spacial score (nSPS) is 10.6. The number of amides is 1. The molecule has 0 unspecified atom stereocenters. The standard InChI is InChI=1S/C15H12ClIN2O2/c16-12-2-1-3-14(8-12)21-10-15(20)19-18-9-11-4-6-13(17)7-5-11/h1-9H,10H2,(H,19,20). The molecule has 0 aliphatic heterocycles. The van der Waals surface area contributed by atoms with Gasteiger partial charge in [-0.1, -0.05) is 29.8 Å². The predicted molar refractivity (Wildman–Crippen MR) is 91.8 cm³/mol. The van der Waals surface area contributed by atoms with Crippen molar-refractivity contribution in [3.8, 4) is 5.75 Å². The smallest absolute Gasteiger partial charge is 0.277 e. The lowest BCUT2D eigenvalue weighted by Gasteiger charge is -2.04. The molecule has 108 valence electrons. The molecule has 0 heterocycles. The van der Waals surface area contributed by atoms with E-state index >= 15 is 0 Å². The third kappa shape index (κ3) is 5.73. The number of carbonyl (C=O) groups is 1. The predicted octanol–water partition coefficient (Wildman–Crippen LogP) is 3.47. The number of rotatable bonds is 5. The molecule has 0 bridgehead atoms. The Morgan fingerprint density at radius 2 is 2.05 bits per heavy atom. The van der Waals surface area contributed by atoms with Gasteiger partial charge in [0, 0.05) is 8.59 Å². The van der Waals surface area contributed by atoms with Crippen LogP contribution >= 0.6 is 34.2 Å². The van der Waals surface area contributed by atoms with E-state index in [0.717, 1.165) is 9.13 Å². The van der Waals surface area contributed by atoms with Crippen LogP contribution in [-0.4, -0.2) is 18.7 Å². The van der Waals surface area contributed by atoms with E-state index < -0.39 is 0 Å². The Bertz CT molecular complexity index is 644. The van der Waals surface area contributed by atoms with E-state index in [1.54, 1.807) is 30.5 Å². The van der Waals surface area contributed by atoms with Gasteiger partial charge >= 0.3 is 0 Å². The third-order valence-electron chi connectivity index (χ3n) is 2.44. The summed E-state index contributed by atoms with van der Waals surface area (Å²) in [6, 6.07) is 14.6. The summed E-state index contributed by atoms with van der Waals surface area (Å²) >= 11 is 8.04. The number of halogens is 2. The number of hydrogen-bond donors (Lipinski definition) is 1. The highest BCUT2D eigenvalue weighted by Crippen LogP contribution is 2.16. The Morgan fingerprint density at radius 1 is 1.29 bits per heavy atom. The molecule has 4 nitrogen and oxygen atoms in total. The van der Waals surface area contributed by atoms with E-state index in [1.165, 1.54) is 0 Å². The highest BCUT2D eigenvalue weighted by Gasteiger charge is 2.01. The number of ether oxygens (including phenoxy) is 1. The number of nitrogens with one attached hydrogen (secondary N) is 1. The van der Waals surface area contributed by atoms with Crippen LogP contribution < -0.4 is 10.2 Å². The second kappa shape index (κ2) is 7.99. The quantitative estimate of drug-likeness (QED) is 0.463. The Balaban J connectivity index is 1.78. The average molecular weight is 415 g/mol. The third-order valence-corrected chi connectivity index (χ3v) is 3.39. The molecule has 1 N–H and O–H groups in total. The van der Waals surface area contributed by atoms with Gasteiger partial charge in [-0.25, -0.2) is 5.43 Å². The van der Waals surface area contributed by atoms with Gasteiger partial charge in [-0.05, 0) is 58.5 Å². The maximum Gasteiger partial charge on any atom is 0.277 e. The van der Waals surface area contributed by atoms with Crippen molar-refractivity contribution in [2.75, 3.05) is 6.61 Å². The van der Waals surface area contributed by atoms with E-state index in [1.807, 2.05) is 24.3 Å². The van der Waals surface area contributed by atoms with Crippen LogP contribution in [0.2, 0.25) is 5.02 Å². The lowest BCUT2D eigenvalue weighted by atomic mass is 10.2. The number of hydrazone groups is 1. The van der Waals surface area contributed by atoms with Crippen LogP contribution in [0.4, 0.5) is 0 Å². The Kier molecular flexibility index (Phi) is 6.01. The maximum atomic E-state index is 11.6. The maximum absolute atomic E-state index is 11.6. The largest absolute Gasteiger partial charge is 0.484 e. The van der Waals surface area contributed by atoms with Gasteiger partial charge in [-0.2, -0.15) is 5.10 Å². The van der Waals surface area contributed by atoms with Crippen molar-refractivity contribution >= 4 is 46.3 Å². The highest BCUT2D eigenvalue weighted by atomic mass is 127. The van der Waals surface area contributed by atoms with Crippen molar-refractivity contribution < 1.29 is 9.53 Å². The number of hydrogen-bond acceptors (Lipinski definition) is 3. The lowest BCUT2D eigenvalue weighted by Crippen LogP contribution is -2.24. The second-order valence-electron chi connectivity index (χ2n) is 4.09. The first-order valence-corrected chi connectivity index (χ1v) is 7.55. The van der Waals surface area contributed by atoms with Crippen LogP contribution in [0.5, 0.6) is 5.75 Å². The molecule has 0 aliphatic carbocycles. The molecule has 1 amide bonds. The lowest BCUT2D eigenvalue weighted by molar-refractivity contribution is -0.123. The number of benzene rings is 2. The van der Waals surface area contributed by atoms with Crippen molar-refractivity contribution in [2.24, 2.45) is 5.10 Å². The minimum absolute atomic E-state index is 0.121. The van der Waals surface area contributed by atoms with Crippen LogP contribution in [0.25, 0.3) is 0 Å². The van der Waals surface area contributed by atoms with Crippen LogP contribution in [-0.2, 0) is 4.79 Å². The average Bonchev–Trinajstić information content (AvgIpc) is 2.47. The van der Waals surface area contributed by atoms with Gasteiger partial charge in [0.25, 0.3) is 5.91 Å². The zero-order valence-electron chi connectivity index (χ0n) is 10.9. The summed E-state index contributed by atoms with van der Waals surface area (Å²) in [5.41, 5.74) is 3.31. The fraction of sp³-hybridized carbons (Fsp3) is 0.0667. The Labute approximate surface area is 141 Å². The summed E-state index contributed by atoms with van der Waals surface area (Å²) < 4.78 is 6.44. The summed E-state index contributed by atoms with van der Waals surface area (Å²) in [7, 11) is 0. The van der Waals surface area contributed by atoms with Gasteiger partial charge in [0.15, 0.2) is 6.61 Å². The molecule has 0 saturated carbocycles. The molecule has 0 radical (unpaired) electrons. The summed E-state index contributed by atoms with van der Waals surface area (Å²) in [6.45, 7) is -0.121. The SMILES string of the molecule is O=C(COc1cccc(Cl)c1)NN=Cc1ccc(I)cc1. The topological polar surface area (TPSA) is 50.7 Å². The van der Waals surface area contributed by atoms with Crippen molar-refractivity contribution in [1.82, 2.24) is 5.43 Å². The summed E-state index contributed by atoms with van der Waals surface area (Å²) in [6.07, 6.45) is 1.58. The Hall–Kier alpha value is -1.60. The summed E-state index contributed by atoms with van der Waals surface area (Å²) in [5.74, 6) is 0.205. The fourth-order valence-corrected chi connectivity index (χ4v) is 2.01. The molecular weight excluding hydrogens is 403 g/mol. The minimum atomic E-state index is -0.336. The van der Waals surface area contributed by atoms with Crippen molar-refractivity contribution in [2.45, 2.75) is 0 Å². The molecule has 0 saturated heterocycles. The second-order valence-corrected chi connectivity index (χ2v) is 5.77. The Morgan fingerprint density at radius 3 is 2.76 bits per heavy atom. The molecule has 0 spiro atoms. The summed E-state index contributed by atoms with van der Waals surface area (Å²) in [4.78, 5) is 11.6. The molecule has 0 aromatic heterocycles. The molecule has 0 atom stereocenters. The van der Waals surface area contributed by atoms with Crippen LogP contribution in [0, 0.1) is 3.57 Å². The molecule has 2 rings (SSSR count). The van der Waals surface area contributed by atoms with E-state index in [9.17, 15) is 4.79 Å². The fourth-order valence-electron chi connectivity index (χ4n) is 1.47. The van der Waals surface area contributed by atoms with Gasteiger partial charge in [0.2, 0.25) is 0 Å². The number of nitrogens with zero attached hydrogens (tertiary/aromatic N) is 1. The van der Waals surface area contributed by atoms with Crippen molar-refractivity contribution in [1.29, 1.82) is 0 Å². The monoisotopic (exact) mass is 414 g/mol. The molecule has 6 heteroatoms. The van der Waals surface area contributed by atoms with E-state index in [2.05, 4.69) is 33.1 Å². The van der Waals surface area contributed by atoms with E-state index in [0.29, 0.717) is 10.8 Å². The van der Waals surface area contributed by atoms with Gasteiger partial charge in [-0.15, -0.1) is 0 Å². The molecule has 2 aromatic carbocycles. The first-order chi connectivity index (χ1) is 10.1.